The summed E-state index contributed by atoms with van der Waals surface area (Å²) in [6.07, 6.45) is 5.21. The molecule has 0 radical (unpaired) electrons. The van der Waals surface area contributed by atoms with E-state index in [4.69, 9.17) is 9.72 Å². The molecule has 150 valence electrons. The van der Waals surface area contributed by atoms with Gasteiger partial charge in [0.05, 0.1) is 29.6 Å². The number of nitrogens with zero attached hydrogens (tertiary/aromatic N) is 3. The van der Waals surface area contributed by atoms with Gasteiger partial charge in [-0.1, -0.05) is 6.07 Å². The maximum Gasteiger partial charge on any atom is 0.269 e. The Morgan fingerprint density at radius 1 is 1.21 bits per heavy atom. The summed E-state index contributed by atoms with van der Waals surface area (Å²) in [5.74, 6) is 1.41. The summed E-state index contributed by atoms with van der Waals surface area (Å²) < 4.78 is 5.52. The van der Waals surface area contributed by atoms with Crippen molar-refractivity contribution in [3.05, 3.63) is 59.0 Å². The molecule has 1 aliphatic rings. The van der Waals surface area contributed by atoms with Crippen molar-refractivity contribution in [3.63, 3.8) is 0 Å². The van der Waals surface area contributed by atoms with E-state index in [0.29, 0.717) is 12.4 Å². The third-order valence-corrected chi connectivity index (χ3v) is 5.81. The first-order valence-electron chi connectivity index (χ1n) is 9.89. The first-order valence-corrected chi connectivity index (χ1v) is 10.8. The number of carbonyl (C=O) groups is 1. The van der Waals surface area contributed by atoms with Crippen molar-refractivity contribution in [1.82, 2.24) is 15.3 Å². The highest BCUT2D eigenvalue weighted by Crippen LogP contribution is 2.27. The van der Waals surface area contributed by atoms with Gasteiger partial charge in [-0.05, 0) is 68.6 Å². The fourth-order valence-electron chi connectivity index (χ4n) is 3.54. The highest BCUT2D eigenvalue weighted by Gasteiger charge is 2.29. The van der Waals surface area contributed by atoms with Gasteiger partial charge in [-0.25, -0.2) is 4.98 Å². The van der Waals surface area contributed by atoms with E-state index < -0.39 is 0 Å². The molecule has 1 saturated heterocycles. The topological polar surface area (TPSA) is 67.3 Å². The number of hydrogen-bond acceptors (Lipinski definition) is 6. The largest absolute Gasteiger partial charge is 0.494 e. The number of thiophene rings is 1. The third kappa shape index (κ3) is 4.46. The summed E-state index contributed by atoms with van der Waals surface area (Å²) in [4.78, 5) is 25.1. The summed E-state index contributed by atoms with van der Waals surface area (Å²) in [6.45, 7) is 4.38. The molecule has 1 aliphatic heterocycles. The van der Waals surface area contributed by atoms with Gasteiger partial charge in [0.2, 0.25) is 0 Å². The first-order chi connectivity index (χ1) is 14.3. The second-order valence-corrected chi connectivity index (χ2v) is 7.80. The first kappa shape index (κ1) is 19.5. The molecule has 0 aliphatic carbocycles. The molecule has 1 fully saturated rings. The van der Waals surface area contributed by atoms with Crippen LogP contribution in [0.3, 0.4) is 0 Å². The van der Waals surface area contributed by atoms with Gasteiger partial charge < -0.3 is 10.1 Å². The molecule has 0 unspecified atom stereocenters. The van der Waals surface area contributed by atoms with Crippen LogP contribution in [0.1, 0.15) is 29.4 Å². The maximum atomic E-state index is 13.3. The van der Waals surface area contributed by atoms with E-state index in [1.807, 2.05) is 53.6 Å². The monoisotopic (exact) mass is 408 g/mol. The molecule has 0 bridgehead atoms. The Balaban J connectivity index is 1.67. The van der Waals surface area contributed by atoms with E-state index in [-0.39, 0.29) is 11.9 Å². The van der Waals surface area contributed by atoms with Gasteiger partial charge in [0, 0.05) is 11.6 Å². The van der Waals surface area contributed by atoms with Crippen LogP contribution >= 0.6 is 11.3 Å². The Morgan fingerprint density at radius 2 is 2.00 bits per heavy atom. The van der Waals surface area contributed by atoms with Crippen LogP contribution in [-0.2, 0) is 0 Å². The Kier molecular flexibility index (Phi) is 6.17. The molecule has 0 spiro atoms. The lowest BCUT2D eigenvalue weighted by Gasteiger charge is -2.33. The van der Waals surface area contributed by atoms with Crippen LogP contribution < -0.4 is 15.0 Å². The van der Waals surface area contributed by atoms with E-state index in [1.165, 1.54) is 11.3 Å². The lowest BCUT2D eigenvalue weighted by Crippen LogP contribution is -2.46. The molecular formula is C22H24N4O2S. The van der Waals surface area contributed by atoms with Crippen molar-refractivity contribution in [2.75, 3.05) is 24.6 Å². The van der Waals surface area contributed by atoms with E-state index in [1.54, 1.807) is 12.4 Å². The summed E-state index contributed by atoms with van der Waals surface area (Å²) in [6, 6.07) is 11.7. The Bertz CT molecular complexity index is 938. The molecule has 2 aromatic heterocycles. The number of ether oxygens (including phenoxy) is 1. The number of piperidine rings is 1. The van der Waals surface area contributed by atoms with Crippen molar-refractivity contribution in [2.45, 2.75) is 25.8 Å². The minimum absolute atomic E-state index is 0.00922. The van der Waals surface area contributed by atoms with Gasteiger partial charge in [-0.2, -0.15) is 0 Å². The molecule has 7 heteroatoms. The molecule has 6 nitrogen and oxygen atoms in total. The van der Waals surface area contributed by atoms with Gasteiger partial charge in [0.25, 0.3) is 5.91 Å². The number of amides is 1. The zero-order valence-corrected chi connectivity index (χ0v) is 17.2. The van der Waals surface area contributed by atoms with Crippen LogP contribution in [0, 0.1) is 0 Å². The van der Waals surface area contributed by atoms with Gasteiger partial charge in [0.1, 0.15) is 5.75 Å². The van der Waals surface area contributed by atoms with E-state index >= 15 is 0 Å². The fourth-order valence-corrected chi connectivity index (χ4v) is 4.20. The number of carbonyl (C=O) groups excluding carboxylic acids is 1. The summed E-state index contributed by atoms with van der Waals surface area (Å²) in [7, 11) is 0. The van der Waals surface area contributed by atoms with Crippen molar-refractivity contribution in [3.8, 4) is 17.0 Å². The van der Waals surface area contributed by atoms with Gasteiger partial charge in [-0.15, -0.1) is 11.3 Å². The third-order valence-electron chi connectivity index (χ3n) is 4.95. The van der Waals surface area contributed by atoms with Crippen LogP contribution in [0.15, 0.2) is 54.2 Å². The quantitative estimate of drug-likeness (QED) is 0.668. The molecular weight excluding hydrogens is 384 g/mol. The SMILES string of the molecule is CCOc1ccc(-c2cncc(N(C(=O)c3cccs3)C3CCNCC3)n2)cc1. The molecule has 3 aromatic rings. The zero-order chi connectivity index (χ0) is 20.1. The Labute approximate surface area is 174 Å². The minimum Gasteiger partial charge on any atom is -0.494 e. The molecule has 0 saturated carbocycles. The van der Waals surface area contributed by atoms with Gasteiger partial charge >= 0.3 is 0 Å². The standard InChI is InChI=1S/C22H24N4O2S/c1-2-28-18-7-5-16(6-8-18)19-14-24-15-21(25-19)26(17-9-11-23-12-10-17)22(27)20-4-3-13-29-20/h3-8,13-15,17,23H,2,9-12H2,1H3. The van der Waals surface area contributed by atoms with E-state index in [9.17, 15) is 4.79 Å². The second kappa shape index (κ2) is 9.15. The molecule has 29 heavy (non-hydrogen) atoms. The Hall–Kier alpha value is -2.77. The van der Waals surface area contributed by atoms with Crippen LogP contribution in [-0.4, -0.2) is 41.6 Å². The van der Waals surface area contributed by atoms with Crippen molar-refractivity contribution in [2.24, 2.45) is 0 Å². The lowest BCUT2D eigenvalue weighted by molar-refractivity contribution is 0.0974. The number of benzene rings is 1. The average molecular weight is 409 g/mol. The normalized spacial score (nSPS) is 14.5. The highest BCUT2D eigenvalue weighted by atomic mass is 32.1. The van der Waals surface area contributed by atoms with Gasteiger partial charge in [-0.3, -0.25) is 14.7 Å². The number of anilines is 1. The molecule has 1 amide bonds. The molecule has 4 rings (SSSR count). The second-order valence-electron chi connectivity index (χ2n) is 6.85. The molecule has 1 aromatic carbocycles. The van der Waals surface area contributed by atoms with Gasteiger partial charge in [0.15, 0.2) is 5.82 Å². The molecule has 0 atom stereocenters. The van der Waals surface area contributed by atoms with Crippen LogP contribution in [0.2, 0.25) is 0 Å². The molecule has 1 N–H and O–H groups in total. The smallest absolute Gasteiger partial charge is 0.269 e. The predicted octanol–water partition coefficient (Wildman–Crippen LogP) is 4.00. The molecule has 3 heterocycles. The lowest BCUT2D eigenvalue weighted by atomic mass is 10.0. The van der Waals surface area contributed by atoms with Crippen molar-refractivity contribution in [1.29, 1.82) is 0 Å². The Morgan fingerprint density at radius 3 is 2.69 bits per heavy atom. The minimum atomic E-state index is -0.00922. The van der Waals surface area contributed by atoms with Crippen LogP contribution in [0.5, 0.6) is 5.75 Å². The number of rotatable bonds is 6. The highest BCUT2D eigenvalue weighted by molar-refractivity contribution is 7.12. The number of hydrogen-bond donors (Lipinski definition) is 1. The van der Waals surface area contributed by atoms with E-state index in [2.05, 4.69) is 10.3 Å². The number of aromatic nitrogens is 2. The predicted molar refractivity (Wildman–Crippen MR) is 116 cm³/mol. The van der Waals surface area contributed by atoms with Crippen LogP contribution in [0.4, 0.5) is 5.82 Å². The maximum absolute atomic E-state index is 13.3. The fraction of sp³-hybridized carbons (Fsp3) is 0.318. The van der Waals surface area contributed by atoms with Crippen molar-refractivity contribution < 1.29 is 9.53 Å². The van der Waals surface area contributed by atoms with E-state index in [0.717, 1.165) is 47.8 Å². The average Bonchev–Trinajstić information content (AvgIpc) is 3.31. The summed E-state index contributed by atoms with van der Waals surface area (Å²) in [5, 5.41) is 5.29. The summed E-state index contributed by atoms with van der Waals surface area (Å²) in [5.41, 5.74) is 1.68. The van der Waals surface area contributed by atoms with Crippen LogP contribution in [0.25, 0.3) is 11.3 Å². The zero-order valence-electron chi connectivity index (χ0n) is 16.4. The number of nitrogens with one attached hydrogen (secondary N) is 1. The summed E-state index contributed by atoms with van der Waals surface area (Å²) >= 11 is 1.46. The van der Waals surface area contributed by atoms with Crippen molar-refractivity contribution >= 4 is 23.1 Å².